The van der Waals surface area contributed by atoms with Gasteiger partial charge in [0.25, 0.3) is 0 Å². The standard InChI is InChI=1S/C30H31N3O5/c1-37-22-8-10-23-20(14-22)13-21(29(34)32-16-26-31-11-12-38-26)17-33-25-15-19(30(35)36)7-9-24(25)27(28(23)33)18-5-3-2-4-6-18/h7-12,14-15,18,21H,2-6,13,16-17H2,1H3,(H,32,34)(H,35,36). The van der Waals surface area contributed by atoms with Gasteiger partial charge in [0.15, 0.2) is 0 Å². The molecule has 2 aromatic carbocycles. The van der Waals surface area contributed by atoms with Gasteiger partial charge in [-0.05, 0) is 66.6 Å². The zero-order valence-corrected chi connectivity index (χ0v) is 21.4. The third-order valence-electron chi connectivity index (χ3n) is 8.07. The number of methoxy groups -OCH3 is 1. The van der Waals surface area contributed by atoms with E-state index in [4.69, 9.17) is 9.15 Å². The Hall–Kier alpha value is -4.07. The largest absolute Gasteiger partial charge is 0.497 e. The fraction of sp³-hybridized carbons (Fsp3) is 0.367. The molecule has 2 aromatic heterocycles. The molecule has 8 heteroatoms. The molecule has 4 aromatic rings. The number of nitrogens with one attached hydrogen (secondary N) is 1. The number of hydrogen-bond acceptors (Lipinski definition) is 5. The monoisotopic (exact) mass is 513 g/mol. The van der Waals surface area contributed by atoms with Gasteiger partial charge in [-0.3, -0.25) is 4.79 Å². The second-order valence-electron chi connectivity index (χ2n) is 10.3. The van der Waals surface area contributed by atoms with Gasteiger partial charge in [-0.25, -0.2) is 9.78 Å². The SMILES string of the molecule is COc1ccc2c(c1)CC(C(=O)NCc1ncco1)Cn1c-2c(C2CCCCC2)c2ccc(C(=O)O)cc21. The summed E-state index contributed by atoms with van der Waals surface area (Å²) in [5, 5.41) is 13.8. The molecular weight excluding hydrogens is 482 g/mol. The van der Waals surface area contributed by atoms with Gasteiger partial charge < -0.3 is 24.1 Å². The molecular formula is C30H31N3O5. The molecule has 2 aliphatic rings. The lowest BCUT2D eigenvalue weighted by Crippen LogP contribution is -2.33. The van der Waals surface area contributed by atoms with E-state index in [1.54, 1.807) is 25.4 Å². The number of aromatic carboxylic acids is 1. The third kappa shape index (κ3) is 4.34. The molecule has 0 saturated heterocycles. The fourth-order valence-corrected chi connectivity index (χ4v) is 6.26. The maximum Gasteiger partial charge on any atom is 0.335 e. The fourth-order valence-electron chi connectivity index (χ4n) is 6.26. The number of benzene rings is 2. The summed E-state index contributed by atoms with van der Waals surface area (Å²) in [5.74, 6) is 0.163. The number of carbonyl (C=O) groups is 2. The number of fused-ring (bicyclic) bond motifs is 5. The molecule has 1 saturated carbocycles. The second kappa shape index (κ2) is 10.0. The first-order valence-corrected chi connectivity index (χ1v) is 13.3. The Morgan fingerprint density at radius 1 is 1.16 bits per heavy atom. The molecule has 0 spiro atoms. The van der Waals surface area contributed by atoms with Crippen LogP contribution in [-0.2, 0) is 24.3 Å². The summed E-state index contributed by atoms with van der Waals surface area (Å²) in [6.07, 6.45) is 9.42. The van der Waals surface area contributed by atoms with Crippen LogP contribution in [0.15, 0.2) is 53.3 Å². The Morgan fingerprint density at radius 2 is 2.00 bits per heavy atom. The Kier molecular flexibility index (Phi) is 6.39. The molecule has 1 amide bonds. The van der Waals surface area contributed by atoms with E-state index in [1.165, 1.54) is 31.1 Å². The van der Waals surface area contributed by atoms with Gasteiger partial charge in [-0.1, -0.05) is 25.3 Å². The highest BCUT2D eigenvalue weighted by molar-refractivity contribution is 5.99. The number of carboxylic acid groups (broad SMARTS) is 1. The van der Waals surface area contributed by atoms with E-state index in [1.807, 2.05) is 18.2 Å². The van der Waals surface area contributed by atoms with Gasteiger partial charge in [0.2, 0.25) is 11.8 Å². The highest BCUT2D eigenvalue weighted by atomic mass is 16.5. The molecule has 2 N–H and O–H groups in total. The van der Waals surface area contributed by atoms with Crippen LogP contribution in [0.1, 0.15) is 65.4 Å². The van der Waals surface area contributed by atoms with Crippen molar-refractivity contribution >= 4 is 22.8 Å². The maximum absolute atomic E-state index is 13.5. The van der Waals surface area contributed by atoms with Crippen molar-refractivity contribution in [3.05, 3.63) is 71.4 Å². The average molecular weight is 514 g/mol. The van der Waals surface area contributed by atoms with Crippen LogP contribution in [0, 0.1) is 5.92 Å². The van der Waals surface area contributed by atoms with Crippen LogP contribution in [0.3, 0.4) is 0 Å². The molecule has 3 heterocycles. The smallest absolute Gasteiger partial charge is 0.335 e. The quantitative estimate of drug-likeness (QED) is 0.351. The number of rotatable bonds is 6. The van der Waals surface area contributed by atoms with Crippen LogP contribution in [0.25, 0.3) is 22.2 Å². The highest BCUT2D eigenvalue weighted by Gasteiger charge is 2.33. The lowest BCUT2D eigenvalue weighted by molar-refractivity contribution is -0.125. The van der Waals surface area contributed by atoms with E-state index in [2.05, 4.69) is 20.9 Å². The van der Waals surface area contributed by atoms with Crippen LogP contribution in [0.2, 0.25) is 0 Å². The van der Waals surface area contributed by atoms with E-state index < -0.39 is 5.97 Å². The molecule has 196 valence electrons. The average Bonchev–Trinajstić information content (AvgIpc) is 3.53. The van der Waals surface area contributed by atoms with E-state index in [9.17, 15) is 14.7 Å². The van der Waals surface area contributed by atoms with E-state index in [0.717, 1.165) is 46.3 Å². The number of ether oxygens (including phenoxy) is 1. The van der Waals surface area contributed by atoms with Crippen molar-refractivity contribution < 1.29 is 23.8 Å². The molecule has 1 aliphatic heterocycles. The van der Waals surface area contributed by atoms with Gasteiger partial charge in [-0.2, -0.15) is 0 Å². The minimum Gasteiger partial charge on any atom is -0.497 e. The Bertz CT molecular complexity index is 1500. The van der Waals surface area contributed by atoms with E-state index in [0.29, 0.717) is 24.8 Å². The number of aromatic nitrogens is 2. The molecule has 38 heavy (non-hydrogen) atoms. The van der Waals surface area contributed by atoms with Crippen molar-refractivity contribution in [1.29, 1.82) is 0 Å². The van der Waals surface area contributed by atoms with Crippen molar-refractivity contribution in [3.63, 3.8) is 0 Å². The predicted octanol–water partition coefficient (Wildman–Crippen LogP) is 5.54. The predicted molar refractivity (Wildman–Crippen MR) is 142 cm³/mol. The Labute approximate surface area is 220 Å². The number of hydrogen-bond donors (Lipinski definition) is 2. The molecule has 1 atom stereocenters. The van der Waals surface area contributed by atoms with Gasteiger partial charge in [0, 0.05) is 23.0 Å². The normalized spacial score (nSPS) is 17.4. The summed E-state index contributed by atoms with van der Waals surface area (Å²) in [6.45, 7) is 0.652. The van der Waals surface area contributed by atoms with Crippen molar-refractivity contribution in [1.82, 2.24) is 14.9 Å². The summed E-state index contributed by atoms with van der Waals surface area (Å²) in [7, 11) is 1.65. The van der Waals surface area contributed by atoms with Crippen LogP contribution < -0.4 is 10.1 Å². The summed E-state index contributed by atoms with van der Waals surface area (Å²) in [6, 6.07) is 11.5. The number of carbonyl (C=O) groups excluding carboxylic acids is 1. The number of nitrogens with zero attached hydrogens (tertiary/aromatic N) is 2. The van der Waals surface area contributed by atoms with Crippen LogP contribution >= 0.6 is 0 Å². The Morgan fingerprint density at radius 3 is 2.74 bits per heavy atom. The van der Waals surface area contributed by atoms with Crippen molar-refractivity contribution in [2.45, 2.75) is 57.5 Å². The first-order chi connectivity index (χ1) is 18.5. The molecule has 1 fully saturated rings. The van der Waals surface area contributed by atoms with Crippen LogP contribution in [0.5, 0.6) is 5.75 Å². The van der Waals surface area contributed by atoms with E-state index in [-0.39, 0.29) is 23.9 Å². The summed E-state index contributed by atoms with van der Waals surface area (Å²) in [5.41, 5.74) is 5.64. The van der Waals surface area contributed by atoms with Crippen molar-refractivity contribution in [2.75, 3.05) is 7.11 Å². The molecule has 0 bridgehead atoms. The van der Waals surface area contributed by atoms with Crippen LogP contribution in [-0.4, -0.2) is 33.6 Å². The zero-order valence-electron chi connectivity index (χ0n) is 21.4. The number of oxazole rings is 1. The highest BCUT2D eigenvalue weighted by Crippen LogP contribution is 2.47. The first-order valence-electron chi connectivity index (χ1n) is 13.3. The second-order valence-corrected chi connectivity index (χ2v) is 10.3. The third-order valence-corrected chi connectivity index (χ3v) is 8.07. The van der Waals surface area contributed by atoms with Crippen molar-refractivity contribution in [3.8, 4) is 17.0 Å². The zero-order chi connectivity index (χ0) is 26.2. The number of carboxylic acids is 1. The number of amides is 1. The molecule has 6 rings (SSSR count). The van der Waals surface area contributed by atoms with Crippen LogP contribution in [0.4, 0.5) is 0 Å². The minimum atomic E-state index is -0.958. The molecule has 1 aliphatic carbocycles. The lowest BCUT2D eigenvalue weighted by Gasteiger charge is -2.24. The topological polar surface area (TPSA) is 107 Å². The van der Waals surface area contributed by atoms with Crippen molar-refractivity contribution in [2.24, 2.45) is 5.92 Å². The summed E-state index contributed by atoms with van der Waals surface area (Å²) in [4.78, 5) is 29.6. The Balaban J connectivity index is 1.53. The summed E-state index contributed by atoms with van der Waals surface area (Å²) < 4.78 is 13.0. The maximum atomic E-state index is 13.5. The molecule has 0 radical (unpaired) electrons. The van der Waals surface area contributed by atoms with Gasteiger partial charge in [0.05, 0.1) is 37.0 Å². The van der Waals surface area contributed by atoms with Gasteiger partial charge in [0.1, 0.15) is 12.0 Å². The lowest BCUT2D eigenvalue weighted by atomic mass is 9.81. The van der Waals surface area contributed by atoms with E-state index >= 15 is 0 Å². The first kappa shape index (κ1) is 24.3. The molecule has 1 unspecified atom stereocenters. The molecule has 8 nitrogen and oxygen atoms in total. The van der Waals surface area contributed by atoms with Gasteiger partial charge >= 0.3 is 5.97 Å². The van der Waals surface area contributed by atoms with Gasteiger partial charge in [-0.15, -0.1) is 0 Å². The summed E-state index contributed by atoms with van der Waals surface area (Å²) >= 11 is 0. The minimum absolute atomic E-state index is 0.0970.